The number of hydrogen-bond acceptors (Lipinski definition) is 5. The molecule has 0 aliphatic carbocycles. The highest BCUT2D eigenvalue weighted by Crippen LogP contribution is 2.08. The molecule has 1 aromatic heterocycles. The number of amides is 2. The smallest absolute Gasteiger partial charge is 0.276 e. The molecule has 4 rings (SSSR count). The van der Waals surface area contributed by atoms with E-state index < -0.39 is 0 Å². The quantitative estimate of drug-likeness (QED) is 0.627. The van der Waals surface area contributed by atoms with Crippen LogP contribution in [0.25, 0.3) is 0 Å². The minimum absolute atomic E-state index is 0.00696. The lowest BCUT2D eigenvalue weighted by Gasteiger charge is -2.33. The Balaban J connectivity index is 1.22. The van der Waals surface area contributed by atoms with Crippen molar-refractivity contribution in [1.82, 2.24) is 30.1 Å². The highest BCUT2D eigenvalue weighted by Gasteiger charge is 2.25. The van der Waals surface area contributed by atoms with Crippen molar-refractivity contribution in [2.45, 2.75) is 13.1 Å². The standard InChI is InChI=1S/C23H26N6O2/c30-22(24-15-19-7-3-1-4-8-19)18-27-11-13-28(14-12-27)23(31)21-17-29(26-25-21)16-20-9-5-2-6-10-20/h1-10,17H,11-16,18H2,(H,24,30). The maximum absolute atomic E-state index is 12.8. The lowest BCUT2D eigenvalue weighted by Crippen LogP contribution is -2.51. The largest absolute Gasteiger partial charge is 0.351 e. The normalized spacial score (nSPS) is 14.4. The Hall–Kier alpha value is -3.52. The van der Waals surface area contributed by atoms with Gasteiger partial charge >= 0.3 is 0 Å². The van der Waals surface area contributed by atoms with Crippen molar-refractivity contribution < 1.29 is 9.59 Å². The lowest BCUT2D eigenvalue weighted by atomic mass is 10.2. The Labute approximate surface area is 181 Å². The van der Waals surface area contributed by atoms with Crippen LogP contribution < -0.4 is 5.32 Å². The van der Waals surface area contributed by atoms with E-state index in [0.717, 1.165) is 11.1 Å². The zero-order valence-corrected chi connectivity index (χ0v) is 17.4. The Morgan fingerprint density at radius 1 is 0.871 bits per heavy atom. The molecule has 160 valence electrons. The second-order valence-corrected chi connectivity index (χ2v) is 7.62. The van der Waals surface area contributed by atoms with Gasteiger partial charge in [0.1, 0.15) is 0 Å². The van der Waals surface area contributed by atoms with Crippen molar-refractivity contribution in [2.24, 2.45) is 0 Å². The number of nitrogens with zero attached hydrogens (tertiary/aromatic N) is 5. The molecule has 3 aromatic rings. The molecule has 0 saturated carbocycles. The van der Waals surface area contributed by atoms with E-state index in [2.05, 4.69) is 20.5 Å². The summed E-state index contributed by atoms with van der Waals surface area (Å²) in [7, 11) is 0. The van der Waals surface area contributed by atoms with Crippen molar-refractivity contribution in [3.63, 3.8) is 0 Å². The van der Waals surface area contributed by atoms with E-state index in [1.807, 2.05) is 60.7 Å². The van der Waals surface area contributed by atoms with E-state index in [1.165, 1.54) is 0 Å². The second-order valence-electron chi connectivity index (χ2n) is 7.62. The van der Waals surface area contributed by atoms with Crippen LogP contribution in [-0.4, -0.2) is 69.3 Å². The van der Waals surface area contributed by atoms with Crippen LogP contribution in [0.5, 0.6) is 0 Å². The maximum atomic E-state index is 12.8. The second kappa shape index (κ2) is 9.99. The monoisotopic (exact) mass is 418 g/mol. The summed E-state index contributed by atoms with van der Waals surface area (Å²) in [5.74, 6) is -0.125. The van der Waals surface area contributed by atoms with Gasteiger partial charge in [0.05, 0.1) is 19.3 Å². The molecule has 2 aromatic carbocycles. The molecule has 1 N–H and O–H groups in total. The molecular weight excluding hydrogens is 392 g/mol. The van der Waals surface area contributed by atoms with Crippen LogP contribution >= 0.6 is 0 Å². The molecule has 0 spiro atoms. The molecule has 8 nitrogen and oxygen atoms in total. The third-order valence-electron chi connectivity index (χ3n) is 5.30. The molecule has 0 radical (unpaired) electrons. The van der Waals surface area contributed by atoms with Gasteiger partial charge in [-0.1, -0.05) is 65.9 Å². The molecule has 2 amide bonds. The molecular formula is C23H26N6O2. The summed E-state index contributed by atoms with van der Waals surface area (Å²) in [4.78, 5) is 28.8. The molecule has 2 heterocycles. The van der Waals surface area contributed by atoms with E-state index in [-0.39, 0.29) is 11.8 Å². The van der Waals surface area contributed by atoms with Gasteiger partial charge in [0.25, 0.3) is 5.91 Å². The fourth-order valence-electron chi connectivity index (χ4n) is 3.57. The summed E-state index contributed by atoms with van der Waals surface area (Å²) in [6, 6.07) is 19.8. The molecule has 0 unspecified atom stereocenters. The Bertz CT molecular complexity index is 997. The third kappa shape index (κ3) is 5.76. The van der Waals surface area contributed by atoms with Crippen molar-refractivity contribution in [1.29, 1.82) is 0 Å². The molecule has 8 heteroatoms. The van der Waals surface area contributed by atoms with Crippen LogP contribution in [0.3, 0.4) is 0 Å². The number of benzene rings is 2. The molecule has 1 aliphatic rings. The van der Waals surface area contributed by atoms with Crippen LogP contribution in [0, 0.1) is 0 Å². The van der Waals surface area contributed by atoms with Gasteiger partial charge in [-0.2, -0.15) is 0 Å². The number of aromatic nitrogens is 3. The Morgan fingerprint density at radius 3 is 2.19 bits per heavy atom. The van der Waals surface area contributed by atoms with Crippen molar-refractivity contribution in [3.05, 3.63) is 83.7 Å². The average Bonchev–Trinajstić information content (AvgIpc) is 3.27. The molecule has 1 aliphatic heterocycles. The zero-order valence-electron chi connectivity index (χ0n) is 17.4. The highest BCUT2D eigenvalue weighted by atomic mass is 16.2. The number of rotatable bonds is 7. The number of carbonyl (C=O) groups excluding carboxylic acids is 2. The van der Waals surface area contributed by atoms with Gasteiger partial charge in [0.15, 0.2) is 5.69 Å². The first-order valence-corrected chi connectivity index (χ1v) is 10.4. The van der Waals surface area contributed by atoms with E-state index in [4.69, 9.17) is 0 Å². The molecule has 1 saturated heterocycles. The first-order chi connectivity index (χ1) is 15.2. The third-order valence-corrected chi connectivity index (χ3v) is 5.30. The minimum atomic E-state index is -0.118. The van der Waals surface area contributed by atoms with Crippen LogP contribution in [0.2, 0.25) is 0 Å². The van der Waals surface area contributed by atoms with E-state index >= 15 is 0 Å². The zero-order chi connectivity index (χ0) is 21.5. The molecule has 0 bridgehead atoms. The molecule has 1 fully saturated rings. The van der Waals surface area contributed by atoms with Crippen molar-refractivity contribution in [2.75, 3.05) is 32.7 Å². The summed E-state index contributed by atoms with van der Waals surface area (Å²) in [5.41, 5.74) is 2.53. The van der Waals surface area contributed by atoms with Gasteiger partial charge in [-0.05, 0) is 11.1 Å². The molecule has 31 heavy (non-hydrogen) atoms. The van der Waals surface area contributed by atoms with Gasteiger partial charge < -0.3 is 10.2 Å². The number of piperazine rings is 1. The fraction of sp³-hybridized carbons (Fsp3) is 0.304. The number of hydrogen-bond donors (Lipinski definition) is 1. The number of nitrogens with one attached hydrogen (secondary N) is 1. The average molecular weight is 419 g/mol. The Morgan fingerprint density at radius 2 is 1.52 bits per heavy atom. The van der Waals surface area contributed by atoms with Gasteiger partial charge in [-0.25, -0.2) is 4.68 Å². The molecule has 0 atom stereocenters. The van der Waals surface area contributed by atoms with E-state index in [0.29, 0.717) is 51.5 Å². The van der Waals surface area contributed by atoms with Crippen molar-refractivity contribution in [3.8, 4) is 0 Å². The van der Waals surface area contributed by atoms with Gasteiger partial charge in [0, 0.05) is 32.7 Å². The first kappa shape index (κ1) is 20.7. The maximum Gasteiger partial charge on any atom is 0.276 e. The van der Waals surface area contributed by atoms with Crippen LogP contribution in [-0.2, 0) is 17.9 Å². The fourth-order valence-corrected chi connectivity index (χ4v) is 3.57. The van der Waals surface area contributed by atoms with E-state index in [1.54, 1.807) is 15.8 Å². The predicted molar refractivity (Wildman–Crippen MR) is 116 cm³/mol. The lowest BCUT2D eigenvalue weighted by molar-refractivity contribution is -0.122. The SMILES string of the molecule is O=C(CN1CCN(C(=O)c2cn(Cc3ccccc3)nn2)CC1)NCc1ccccc1. The minimum Gasteiger partial charge on any atom is -0.351 e. The highest BCUT2D eigenvalue weighted by molar-refractivity contribution is 5.92. The van der Waals surface area contributed by atoms with Gasteiger partial charge in [-0.15, -0.1) is 5.10 Å². The summed E-state index contributed by atoms with van der Waals surface area (Å²) in [5, 5.41) is 11.1. The Kier molecular flexibility index (Phi) is 6.68. The van der Waals surface area contributed by atoms with Gasteiger partial charge in [-0.3, -0.25) is 14.5 Å². The van der Waals surface area contributed by atoms with E-state index in [9.17, 15) is 9.59 Å². The summed E-state index contributed by atoms with van der Waals surface area (Å²) in [6.07, 6.45) is 1.69. The van der Waals surface area contributed by atoms with Crippen LogP contribution in [0.4, 0.5) is 0 Å². The first-order valence-electron chi connectivity index (χ1n) is 10.4. The van der Waals surface area contributed by atoms with Crippen LogP contribution in [0.1, 0.15) is 21.6 Å². The van der Waals surface area contributed by atoms with Crippen LogP contribution in [0.15, 0.2) is 66.9 Å². The van der Waals surface area contributed by atoms with Gasteiger partial charge in [0.2, 0.25) is 5.91 Å². The topological polar surface area (TPSA) is 83.4 Å². The summed E-state index contributed by atoms with van der Waals surface area (Å²) in [6.45, 7) is 3.88. The van der Waals surface area contributed by atoms with Crippen molar-refractivity contribution >= 4 is 11.8 Å². The summed E-state index contributed by atoms with van der Waals surface area (Å²) >= 11 is 0. The number of carbonyl (C=O) groups is 2. The predicted octanol–water partition coefficient (Wildman–Crippen LogP) is 1.40. The summed E-state index contributed by atoms with van der Waals surface area (Å²) < 4.78 is 1.68.